The molecule has 1 atom stereocenters. The van der Waals surface area contributed by atoms with Crippen LogP contribution >= 0.6 is 11.3 Å². The summed E-state index contributed by atoms with van der Waals surface area (Å²) < 4.78 is 10.0. The molecule has 1 amide bonds. The van der Waals surface area contributed by atoms with Gasteiger partial charge in [-0.1, -0.05) is 29.5 Å². The summed E-state index contributed by atoms with van der Waals surface area (Å²) in [6.45, 7) is 12.3. The standard InChI is InChI=1S/C28H29N5O3S/c1-7-32-19(6)20(17(4)31-32)14-23-27(35)33-25(22-13-12-16(3)36-22)24(18(5)29-28(33)37-23)26(34)30-21-11-9-8-10-15(21)2/h8-14,25H,7H2,1-6H3,(H,30,34). The summed E-state index contributed by atoms with van der Waals surface area (Å²) >= 11 is 1.30. The van der Waals surface area contributed by atoms with Gasteiger partial charge in [0.15, 0.2) is 4.80 Å². The van der Waals surface area contributed by atoms with Crippen molar-refractivity contribution in [2.24, 2.45) is 4.99 Å². The maximum absolute atomic E-state index is 13.9. The molecule has 5 rings (SSSR count). The number of fused-ring (bicyclic) bond motifs is 1. The van der Waals surface area contributed by atoms with Gasteiger partial charge in [-0.25, -0.2) is 4.99 Å². The van der Waals surface area contributed by atoms with E-state index in [1.807, 2.05) is 81.8 Å². The summed E-state index contributed by atoms with van der Waals surface area (Å²) in [5.74, 6) is 0.893. The van der Waals surface area contributed by atoms with Crippen LogP contribution in [0.4, 0.5) is 5.69 Å². The second-order valence-electron chi connectivity index (χ2n) is 9.20. The highest BCUT2D eigenvalue weighted by Gasteiger charge is 2.34. The first-order valence-electron chi connectivity index (χ1n) is 12.2. The summed E-state index contributed by atoms with van der Waals surface area (Å²) in [5.41, 5.74) is 5.13. The van der Waals surface area contributed by atoms with Gasteiger partial charge in [0.25, 0.3) is 11.5 Å². The lowest BCUT2D eigenvalue weighted by atomic mass is 10.00. The number of carbonyl (C=O) groups is 1. The van der Waals surface area contributed by atoms with Crippen LogP contribution in [0.15, 0.2) is 61.9 Å². The van der Waals surface area contributed by atoms with Gasteiger partial charge < -0.3 is 9.73 Å². The van der Waals surface area contributed by atoms with Crippen LogP contribution in [-0.2, 0) is 11.3 Å². The molecule has 0 bridgehead atoms. The third kappa shape index (κ3) is 4.29. The fourth-order valence-electron chi connectivity index (χ4n) is 4.74. The van der Waals surface area contributed by atoms with Gasteiger partial charge in [-0.15, -0.1) is 0 Å². The molecule has 37 heavy (non-hydrogen) atoms. The summed E-state index contributed by atoms with van der Waals surface area (Å²) in [7, 11) is 0. The number of aromatic nitrogens is 3. The van der Waals surface area contributed by atoms with Crippen molar-refractivity contribution in [3.05, 3.63) is 101 Å². The summed E-state index contributed by atoms with van der Waals surface area (Å²) in [6, 6.07) is 10.5. The van der Waals surface area contributed by atoms with Crippen LogP contribution in [0.2, 0.25) is 0 Å². The highest BCUT2D eigenvalue weighted by atomic mass is 32.1. The molecule has 1 aliphatic heterocycles. The van der Waals surface area contributed by atoms with Crippen LogP contribution in [0.1, 0.15) is 53.9 Å². The molecular formula is C28H29N5O3S. The Hall–Kier alpha value is -3.98. The van der Waals surface area contributed by atoms with Crippen molar-refractivity contribution < 1.29 is 9.21 Å². The molecule has 0 aliphatic carbocycles. The lowest BCUT2D eigenvalue weighted by molar-refractivity contribution is -0.113. The SMILES string of the molecule is CCn1nc(C)c(C=c2sc3n(c2=O)C(c2ccc(C)o2)C(C(=O)Nc2ccccc2C)=C(C)N=3)c1C. The van der Waals surface area contributed by atoms with Gasteiger partial charge in [-0.2, -0.15) is 5.10 Å². The van der Waals surface area contributed by atoms with Gasteiger partial charge in [0.1, 0.15) is 17.6 Å². The monoisotopic (exact) mass is 515 g/mol. The van der Waals surface area contributed by atoms with E-state index in [4.69, 9.17) is 9.41 Å². The minimum absolute atomic E-state index is 0.223. The number of rotatable bonds is 5. The average molecular weight is 516 g/mol. The lowest BCUT2D eigenvalue weighted by Gasteiger charge is -2.23. The number of anilines is 1. The normalized spacial score (nSPS) is 15.6. The first-order valence-corrected chi connectivity index (χ1v) is 13.0. The number of carbonyl (C=O) groups excluding carboxylic acids is 1. The lowest BCUT2D eigenvalue weighted by Crippen LogP contribution is -2.40. The van der Waals surface area contributed by atoms with Gasteiger partial charge in [0, 0.05) is 23.5 Å². The van der Waals surface area contributed by atoms with E-state index in [1.54, 1.807) is 11.5 Å². The van der Waals surface area contributed by atoms with E-state index in [-0.39, 0.29) is 11.5 Å². The van der Waals surface area contributed by atoms with Crippen LogP contribution in [0.5, 0.6) is 0 Å². The quantitative estimate of drug-likeness (QED) is 0.436. The highest BCUT2D eigenvalue weighted by molar-refractivity contribution is 7.07. The molecule has 0 fully saturated rings. The molecule has 1 N–H and O–H groups in total. The van der Waals surface area contributed by atoms with Crippen LogP contribution in [0.25, 0.3) is 6.08 Å². The van der Waals surface area contributed by atoms with Gasteiger partial charge in [0.2, 0.25) is 0 Å². The number of hydrogen-bond acceptors (Lipinski definition) is 6. The zero-order chi connectivity index (χ0) is 26.4. The molecule has 0 saturated heterocycles. The number of para-hydroxylation sites is 1. The van der Waals surface area contributed by atoms with Crippen molar-refractivity contribution >= 4 is 29.0 Å². The summed E-state index contributed by atoms with van der Waals surface area (Å²) in [5, 5.41) is 7.59. The Morgan fingerprint density at radius 3 is 2.54 bits per heavy atom. The van der Waals surface area contributed by atoms with Gasteiger partial charge in [0.05, 0.1) is 21.5 Å². The van der Waals surface area contributed by atoms with Crippen molar-refractivity contribution in [3.8, 4) is 0 Å². The van der Waals surface area contributed by atoms with Gasteiger partial charge >= 0.3 is 0 Å². The second kappa shape index (κ2) is 9.48. The number of hydrogen-bond donors (Lipinski definition) is 1. The Kier molecular flexibility index (Phi) is 6.33. The Bertz CT molecular complexity index is 1750. The number of furan rings is 1. The predicted octanol–water partition coefficient (Wildman–Crippen LogP) is 3.92. The molecule has 1 unspecified atom stereocenters. The van der Waals surface area contributed by atoms with Gasteiger partial charge in [-0.05, 0) is 71.4 Å². The molecule has 0 saturated carbocycles. The fourth-order valence-corrected chi connectivity index (χ4v) is 5.77. The number of allylic oxidation sites excluding steroid dienone is 1. The maximum atomic E-state index is 13.9. The Labute approximate surface area is 218 Å². The van der Waals surface area contributed by atoms with E-state index >= 15 is 0 Å². The molecular weight excluding hydrogens is 486 g/mol. The number of nitrogens with zero attached hydrogens (tertiary/aromatic N) is 4. The Morgan fingerprint density at radius 1 is 1.14 bits per heavy atom. The zero-order valence-electron chi connectivity index (χ0n) is 21.7. The minimum Gasteiger partial charge on any atom is -0.464 e. The van der Waals surface area contributed by atoms with Crippen LogP contribution < -0.4 is 20.2 Å². The van der Waals surface area contributed by atoms with Crippen molar-refractivity contribution in [2.45, 2.75) is 54.1 Å². The van der Waals surface area contributed by atoms with E-state index in [1.165, 1.54) is 11.3 Å². The van der Waals surface area contributed by atoms with Crippen LogP contribution in [0.3, 0.4) is 0 Å². The van der Waals surface area contributed by atoms with E-state index in [0.717, 1.165) is 29.1 Å². The molecule has 1 aromatic carbocycles. The third-order valence-corrected chi connectivity index (χ3v) is 7.69. The first-order chi connectivity index (χ1) is 17.7. The molecule has 4 heterocycles. The maximum Gasteiger partial charge on any atom is 0.271 e. The van der Waals surface area contributed by atoms with Crippen LogP contribution in [-0.4, -0.2) is 20.3 Å². The van der Waals surface area contributed by atoms with Crippen molar-refractivity contribution in [1.29, 1.82) is 0 Å². The number of aryl methyl sites for hydroxylation is 4. The van der Waals surface area contributed by atoms with Crippen molar-refractivity contribution in [3.63, 3.8) is 0 Å². The third-order valence-electron chi connectivity index (χ3n) is 6.70. The van der Waals surface area contributed by atoms with E-state index in [9.17, 15) is 9.59 Å². The fraction of sp³-hybridized carbons (Fsp3) is 0.286. The smallest absolute Gasteiger partial charge is 0.271 e. The molecule has 190 valence electrons. The number of amides is 1. The first kappa shape index (κ1) is 24.7. The number of thiazole rings is 1. The molecule has 0 spiro atoms. The van der Waals surface area contributed by atoms with E-state index < -0.39 is 6.04 Å². The predicted molar refractivity (Wildman–Crippen MR) is 144 cm³/mol. The van der Waals surface area contributed by atoms with E-state index in [2.05, 4.69) is 10.4 Å². The zero-order valence-corrected chi connectivity index (χ0v) is 22.6. The summed E-state index contributed by atoms with van der Waals surface area (Å²) in [6.07, 6.45) is 1.88. The Balaban J connectivity index is 1.68. The number of nitrogens with one attached hydrogen (secondary N) is 1. The minimum atomic E-state index is -0.739. The molecule has 1 aliphatic rings. The second-order valence-corrected chi connectivity index (χ2v) is 10.2. The van der Waals surface area contributed by atoms with Gasteiger partial charge in [-0.3, -0.25) is 18.8 Å². The Morgan fingerprint density at radius 2 is 1.89 bits per heavy atom. The molecule has 3 aromatic heterocycles. The topological polar surface area (TPSA) is 94.4 Å². The average Bonchev–Trinajstić information content (AvgIpc) is 3.51. The highest BCUT2D eigenvalue weighted by Crippen LogP contribution is 2.32. The molecule has 8 nitrogen and oxygen atoms in total. The summed E-state index contributed by atoms with van der Waals surface area (Å²) in [4.78, 5) is 32.7. The molecule has 9 heteroatoms. The van der Waals surface area contributed by atoms with Crippen LogP contribution in [0, 0.1) is 27.7 Å². The number of benzene rings is 1. The van der Waals surface area contributed by atoms with Crippen molar-refractivity contribution in [1.82, 2.24) is 14.3 Å². The molecule has 0 radical (unpaired) electrons. The van der Waals surface area contributed by atoms with Crippen molar-refractivity contribution in [2.75, 3.05) is 5.32 Å². The van der Waals surface area contributed by atoms with E-state index in [0.29, 0.717) is 37.8 Å². The molecule has 4 aromatic rings. The largest absolute Gasteiger partial charge is 0.464 e.